The first-order valence-corrected chi connectivity index (χ1v) is 7.33. The number of nitrogens with two attached hydrogens (primary N) is 1. The molecule has 0 bridgehead atoms. The van der Waals surface area contributed by atoms with Gasteiger partial charge >= 0.3 is 5.69 Å². The summed E-state index contributed by atoms with van der Waals surface area (Å²) in [5, 5.41) is 0. The molecule has 0 amide bonds. The van der Waals surface area contributed by atoms with Crippen LogP contribution in [0.5, 0.6) is 0 Å². The molecule has 0 spiro atoms. The Labute approximate surface area is 123 Å². The first-order valence-electron chi connectivity index (χ1n) is 7.33. The lowest BCUT2D eigenvalue weighted by Gasteiger charge is -2.13. The Kier molecular flexibility index (Phi) is 4.32. The van der Waals surface area contributed by atoms with Gasteiger partial charge in [-0.2, -0.15) is 0 Å². The maximum atomic E-state index is 12.5. The van der Waals surface area contributed by atoms with Gasteiger partial charge in [-0.1, -0.05) is 13.8 Å². The highest BCUT2D eigenvalue weighted by atomic mass is 16.2. The van der Waals surface area contributed by atoms with Crippen LogP contribution in [0.3, 0.4) is 0 Å². The summed E-state index contributed by atoms with van der Waals surface area (Å²) in [4.78, 5) is 29.0. The van der Waals surface area contributed by atoms with Gasteiger partial charge in [0.1, 0.15) is 5.82 Å². The molecule has 0 aromatic carbocycles. The van der Waals surface area contributed by atoms with Crippen molar-refractivity contribution in [3.05, 3.63) is 26.7 Å². The topological polar surface area (TPSA) is 87.8 Å². The number of rotatable bonds is 5. The van der Waals surface area contributed by atoms with Crippen LogP contribution in [0.4, 0.5) is 0 Å². The summed E-state index contributed by atoms with van der Waals surface area (Å²) >= 11 is 0. The van der Waals surface area contributed by atoms with E-state index in [0.717, 1.165) is 29.7 Å². The summed E-state index contributed by atoms with van der Waals surface area (Å²) in [6.07, 6.45) is 2.48. The van der Waals surface area contributed by atoms with Crippen LogP contribution < -0.4 is 17.0 Å². The average molecular weight is 293 g/mol. The van der Waals surface area contributed by atoms with Crippen molar-refractivity contribution in [2.75, 3.05) is 0 Å². The summed E-state index contributed by atoms with van der Waals surface area (Å²) in [5.74, 6) is 0.815. The van der Waals surface area contributed by atoms with Gasteiger partial charge in [0.05, 0.1) is 0 Å². The van der Waals surface area contributed by atoms with Gasteiger partial charge in [-0.15, -0.1) is 0 Å². The fraction of sp³-hybridized carbons (Fsp3) is 0.643. The molecule has 0 saturated heterocycles. The van der Waals surface area contributed by atoms with E-state index in [9.17, 15) is 9.59 Å². The molecule has 2 N–H and O–H groups in total. The molecule has 21 heavy (non-hydrogen) atoms. The molecule has 0 aliphatic heterocycles. The molecule has 1 unspecified atom stereocenters. The Hall–Kier alpha value is -1.89. The third kappa shape index (κ3) is 2.53. The Morgan fingerprint density at radius 2 is 1.86 bits per heavy atom. The Morgan fingerprint density at radius 1 is 1.19 bits per heavy atom. The van der Waals surface area contributed by atoms with Crippen LogP contribution in [-0.4, -0.2) is 24.7 Å². The summed E-state index contributed by atoms with van der Waals surface area (Å²) in [6.45, 7) is 4.60. The van der Waals surface area contributed by atoms with Gasteiger partial charge in [-0.25, -0.2) is 9.78 Å². The Balaban J connectivity index is 2.82. The fourth-order valence-corrected chi connectivity index (χ4v) is 2.47. The zero-order valence-electron chi connectivity index (χ0n) is 13.1. The highest BCUT2D eigenvalue weighted by Crippen LogP contribution is 2.13. The number of hydrogen-bond donors (Lipinski definition) is 1. The molecule has 2 aromatic heterocycles. The normalized spacial score (nSPS) is 13.0. The van der Waals surface area contributed by atoms with E-state index in [-0.39, 0.29) is 17.3 Å². The van der Waals surface area contributed by atoms with Gasteiger partial charge in [0.2, 0.25) is 0 Å². The smallest absolute Gasteiger partial charge is 0.326 e. The van der Waals surface area contributed by atoms with Crippen molar-refractivity contribution in [2.45, 2.75) is 45.7 Å². The minimum Gasteiger partial charge on any atom is -0.326 e. The summed E-state index contributed by atoms with van der Waals surface area (Å²) in [6, 6.07) is -0.0417. The first kappa shape index (κ1) is 15.5. The lowest BCUT2D eigenvalue weighted by Crippen LogP contribution is -2.38. The maximum absolute atomic E-state index is 12.5. The maximum Gasteiger partial charge on any atom is 0.332 e. The van der Waals surface area contributed by atoms with Crippen molar-refractivity contribution in [1.29, 1.82) is 0 Å². The van der Waals surface area contributed by atoms with Crippen molar-refractivity contribution in [3.8, 4) is 0 Å². The zero-order chi connectivity index (χ0) is 15.7. The SMILES string of the molecule is CCCc1nc2c(c(=O)n(C)c(=O)n2C)n1CC(N)CC. The van der Waals surface area contributed by atoms with Crippen molar-refractivity contribution < 1.29 is 0 Å². The summed E-state index contributed by atoms with van der Waals surface area (Å²) in [5.41, 5.74) is 6.28. The van der Waals surface area contributed by atoms with E-state index in [1.807, 2.05) is 11.5 Å². The molecule has 7 nitrogen and oxygen atoms in total. The fourth-order valence-electron chi connectivity index (χ4n) is 2.47. The zero-order valence-corrected chi connectivity index (χ0v) is 13.1. The number of nitrogens with zero attached hydrogens (tertiary/aromatic N) is 4. The second-order valence-electron chi connectivity index (χ2n) is 5.43. The number of fused-ring (bicyclic) bond motifs is 1. The van der Waals surface area contributed by atoms with E-state index in [0.29, 0.717) is 17.7 Å². The molecule has 1 atom stereocenters. The van der Waals surface area contributed by atoms with Crippen LogP contribution in [-0.2, 0) is 27.1 Å². The highest BCUT2D eigenvalue weighted by molar-refractivity contribution is 5.71. The minimum absolute atomic E-state index is 0.0417. The molecular formula is C14H23N5O2. The van der Waals surface area contributed by atoms with Crippen LogP contribution in [0, 0.1) is 0 Å². The largest absolute Gasteiger partial charge is 0.332 e. The standard InChI is InChI=1S/C14H23N5O2/c1-5-7-10-16-12-11(19(10)8-9(15)6-2)13(20)18(4)14(21)17(12)3/h9H,5-8,15H2,1-4H3. The van der Waals surface area contributed by atoms with Crippen LogP contribution >= 0.6 is 0 Å². The number of aromatic nitrogens is 4. The second-order valence-corrected chi connectivity index (χ2v) is 5.43. The summed E-state index contributed by atoms with van der Waals surface area (Å²) in [7, 11) is 3.12. The van der Waals surface area contributed by atoms with E-state index in [1.165, 1.54) is 11.6 Å². The molecular weight excluding hydrogens is 270 g/mol. The molecule has 116 valence electrons. The molecule has 0 aliphatic rings. The molecule has 2 rings (SSSR count). The number of imidazole rings is 1. The molecule has 0 radical (unpaired) electrons. The highest BCUT2D eigenvalue weighted by Gasteiger charge is 2.19. The summed E-state index contributed by atoms with van der Waals surface area (Å²) < 4.78 is 4.42. The second kappa shape index (κ2) is 5.85. The van der Waals surface area contributed by atoms with Crippen LogP contribution in [0.25, 0.3) is 11.2 Å². The van der Waals surface area contributed by atoms with Gasteiger partial charge in [-0.3, -0.25) is 13.9 Å². The van der Waals surface area contributed by atoms with Gasteiger partial charge in [0.25, 0.3) is 5.56 Å². The third-order valence-corrected chi connectivity index (χ3v) is 3.84. The Bertz CT molecular complexity index is 768. The van der Waals surface area contributed by atoms with Crippen LogP contribution in [0.1, 0.15) is 32.5 Å². The molecule has 0 saturated carbocycles. The third-order valence-electron chi connectivity index (χ3n) is 3.84. The lowest BCUT2D eigenvalue weighted by atomic mass is 10.2. The minimum atomic E-state index is -0.361. The van der Waals surface area contributed by atoms with Crippen molar-refractivity contribution in [3.63, 3.8) is 0 Å². The van der Waals surface area contributed by atoms with Gasteiger partial charge in [-0.05, 0) is 12.8 Å². The monoisotopic (exact) mass is 293 g/mol. The van der Waals surface area contributed by atoms with Gasteiger partial charge in [0.15, 0.2) is 11.2 Å². The predicted octanol–water partition coefficient (Wildman–Crippen LogP) is 0.124. The van der Waals surface area contributed by atoms with Gasteiger partial charge < -0.3 is 10.3 Å². The van der Waals surface area contributed by atoms with E-state index < -0.39 is 0 Å². The molecule has 7 heteroatoms. The van der Waals surface area contributed by atoms with Crippen molar-refractivity contribution >= 4 is 11.2 Å². The van der Waals surface area contributed by atoms with Crippen LogP contribution in [0.2, 0.25) is 0 Å². The molecule has 0 fully saturated rings. The van der Waals surface area contributed by atoms with E-state index >= 15 is 0 Å². The van der Waals surface area contributed by atoms with E-state index in [4.69, 9.17) is 5.73 Å². The van der Waals surface area contributed by atoms with Crippen molar-refractivity contribution in [1.82, 2.24) is 18.7 Å². The van der Waals surface area contributed by atoms with Crippen LogP contribution in [0.15, 0.2) is 9.59 Å². The molecule has 2 heterocycles. The van der Waals surface area contributed by atoms with Crippen molar-refractivity contribution in [2.24, 2.45) is 19.8 Å². The number of aryl methyl sites for hydroxylation is 2. The van der Waals surface area contributed by atoms with E-state index in [1.54, 1.807) is 7.05 Å². The van der Waals surface area contributed by atoms with E-state index in [2.05, 4.69) is 11.9 Å². The predicted molar refractivity (Wildman–Crippen MR) is 82.5 cm³/mol. The molecule has 2 aromatic rings. The first-order chi connectivity index (χ1) is 9.92. The molecule has 0 aliphatic carbocycles. The van der Waals surface area contributed by atoms with Gasteiger partial charge in [0, 0.05) is 33.1 Å². The quantitative estimate of drug-likeness (QED) is 0.848. The Morgan fingerprint density at radius 3 is 2.43 bits per heavy atom. The average Bonchev–Trinajstić information content (AvgIpc) is 2.82. The number of hydrogen-bond acceptors (Lipinski definition) is 4. The lowest BCUT2D eigenvalue weighted by molar-refractivity contribution is 0.529.